The zero-order valence-electron chi connectivity index (χ0n) is 16.6. The van der Waals surface area contributed by atoms with Crippen LogP contribution in [0.15, 0.2) is 33.2 Å². The predicted molar refractivity (Wildman–Crippen MR) is 109 cm³/mol. The topological polar surface area (TPSA) is 97.0 Å². The Hall–Kier alpha value is -3.06. The maximum Gasteiger partial charge on any atom is 0.274 e. The zero-order chi connectivity index (χ0) is 20.7. The Morgan fingerprint density at radius 3 is 2.76 bits per heavy atom. The van der Waals surface area contributed by atoms with Crippen molar-refractivity contribution in [1.29, 1.82) is 0 Å². The number of aryl methyl sites for hydroxylation is 3. The first-order chi connectivity index (χ1) is 13.8. The van der Waals surface area contributed by atoms with Crippen LogP contribution in [0, 0.1) is 20.8 Å². The van der Waals surface area contributed by atoms with Gasteiger partial charge in [-0.05, 0) is 52.0 Å². The molecule has 2 N–H and O–H groups in total. The van der Waals surface area contributed by atoms with Gasteiger partial charge in [0.25, 0.3) is 5.91 Å². The molecule has 0 saturated heterocycles. The molecule has 7 nitrogen and oxygen atoms in total. The second-order valence-electron chi connectivity index (χ2n) is 7.18. The lowest BCUT2D eigenvalue weighted by molar-refractivity contribution is 0.0926. The molecule has 29 heavy (non-hydrogen) atoms. The van der Waals surface area contributed by atoms with E-state index in [-0.39, 0.29) is 17.6 Å². The number of benzene rings is 1. The number of hydrogen-bond acceptors (Lipinski definition) is 5. The van der Waals surface area contributed by atoms with Gasteiger partial charge in [-0.15, -0.1) is 0 Å². The summed E-state index contributed by atoms with van der Waals surface area (Å²) < 4.78 is 11.2. The van der Waals surface area contributed by atoms with E-state index >= 15 is 0 Å². The molecule has 150 valence electrons. The first-order valence-corrected chi connectivity index (χ1v) is 9.66. The van der Waals surface area contributed by atoms with Gasteiger partial charge in [0, 0.05) is 33.7 Å². The summed E-state index contributed by atoms with van der Waals surface area (Å²) in [5.74, 6) is 0.932. The Bertz CT molecular complexity index is 1180. The van der Waals surface area contributed by atoms with Gasteiger partial charge in [-0.2, -0.15) is 5.10 Å². The quantitative estimate of drug-likeness (QED) is 0.490. The summed E-state index contributed by atoms with van der Waals surface area (Å²) in [5, 5.41) is 15.6. The van der Waals surface area contributed by atoms with E-state index in [1.807, 2.05) is 39.0 Å². The van der Waals surface area contributed by atoms with E-state index in [1.165, 1.54) is 0 Å². The van der Waals surface area contributed by atoms with E-state index in [0.717, 1.165) is 33.5 Å². The van der Waals surface area contributed by atoms with Gasteiger partial charge < -0.3 is 14.3 Å². The molecule has 4 aromatic rings. The van der Waals surface area contributed by atoms with Crippen molar-refractivity contribution in [1.82, 2.24) is 20.7 Å². The van der Waals surface area contributed by atoms with E-state index in [2.05, 4.69) is 20.7 Å². The summed E-state index contributed by atoms with van der Waals surface area (Å²) in [7, 11) is 0. The van der Waals surface area contributed by atoms with Gasteiger partial charge in [0.2, 0.25) is 0 Å². The van der Waals surface area contributed by atoms with Gasteiger partial charge in [0.05, 0.1) is 11.7 Å². The van der Waals surface area contributed by atoms with Crippen LogP contribution in [0.5, 0.6) is 0 Å². The molecule has 4 rings (SSSR count). The first-order valence-electron chi connectivity index (χ1n) is 9.29. The molecule has 0 bridgehead atoms. The molecule has 0 spiro atoms. The summed E-state index contributed by atoms with van der Waals surface area (Å²) in [6.07, 6.45) is 0.518. The van der Waals surface area contributed by atoms with E-state index < -0.39 is 0 Å². The standard InChI is InChI=1S/C21H21ClN4O3/c1-10-16(11(2)25-24-10)9-17-13(4)29-26-20(17)21(27)23-12(3)19-8-14-7-15(22)5-6-18(14)28-19/h5-8,12H,9H2,1-4H3,(H,23,27)(H,24,25)/t12-/m0/s1. The largest absolute Gasteiger partial charge is 0.459 e. The van der Waals surface area contributed by atoms with Crippen LogP contribution in [0.25, 0.3) is 11.0 Å². The minimum Gasteiger partial charge on any atom is -0.459 e. The maximum atomic E-state index is 12.9. The van der Waals surface area contributed by atoms with Crippen molar-refractivity contribution in [2.24, 2.45) is 0 Å². The first kappa shape index (κ1) is 19.3. The summed E-state index contributed by atoms with van der Waals surface area (Å²) >= 11 is 6.04. The van der Waals surface area contributed by atoms with Crippen LogP contribution in [0.4, 0.5) is 0 Å². The summed E-state index contributed by atoms with van der Waals surface area (Å²) in [5.41, 5.74) is 4.63. The lowest BCUT2D eigenvalue weighted by atomic mass is 10.0. The molecule has 1 aromatic carbocycles. The number of aromatic amines is 1. The van der Waals surface area contributed by atoms with Gasteiger partial charge in [-0.3, -0.25) is 9.89 Å². The molecule has 0 saturated carbocycles. The van der Waals surface area contributed by atoms with E-state index in [4.69, 9.17) is 20.5 Å². The third-order valence-electron chi connectivity index (χ3n) is 5.11. The molecule has 3 heterocycles. The van der Waals surface area contributed by atoms with Gasteiger partial charge >= 0.3 is 0 Å². The highest BCUT2D eigenvalue weighted by atomic mass is 35.5. The monoisotopic (exact) mass is 412 g/mol. The van der Waals surface area contributed by atoms with Crippen LogP contribution in [-0.2, 0) is 6.42 Å². The van der Waals surface area contributed by atoms with Crippen LogP contribution in [0.2, 0.25) is 5.02 Å². The minimum absolute atomic E-state index is 0.272. The van der Waals surface area contributed by atoms with Crippen LogP contribution in [0.1, 0.15) is 57.5 Å². The molecule has 0 unspecified atom stereocenters. The number of fused-ring (bicyclic) bond motifs is 1. The molecular weight excluding hydrogens is 392 g/mol. The van der Waals surface area contributed by atoms with Crippen molar-refractivity contribution in [3.63, 3.8) is 0 Å². The third-order valence-corrected chi connectivity index (χ3v) is 5.34. The van der Waals surface area contributed by atoms with E-state index in [1.54, 1.807) is 13.0 Å². The van der Waals surface area contributed by atoms with E-state index in [9.17, 15) is 4.79 Å². The average molecular weight is 413 g/mol. The maximum absolute atomic E-state index is 12.9. The number of carbonyl (C=O) groups is 1. The third kappa shape index (κ3) is 3.65. The Morgan fingerprint density at radius 2 is 2.03 bits per heavy atom. The molecule has 0 aliphatic carbocycles. The lowest BCUT2D eigenvalue weighted by Crippen LogP contribution is -2.27. The number of amides is 1. The van der Waals surface area contributed by atoms with Crippen LogP contribution >= 0.6 is 11.6 Å². The second-order valence-corrected chi connectivity index (χ2v) is 7.62. The minimum atomic E-state index is -0.351. The van der Waals surface area contributed by atoms with Crippen molar-refractivity contribution < 1.29 is 13.7 Å². The van der Waals surface area contributed by atoms with E-state index in [0.29, 0.717) is 23.0 Å². The predicted octanol–water partition coefficient (Wildman–Crippen LogP) is 4.80. The number of H-pyrrole nitrogens is 1. The number of rotatable bonds is 5. The highest BCUT2D eigenvalue weighted by Crippen LogP contribution is 2.27. The van der Waals surface area contributed by atoms with Crippen LogP contribution in [-0.4, -0.2) is 21.3 Å². The van der Waals surface area contributed by atoms with Crippen molar-refractivity contribution in [2.75, 3.05) is 0 Å². The Labute approximate surface area is 172 Å². The molecular formula is C21H21ClN4O3. The Balaban J connectivity index is 1.56. The Morgan fingerprint density at radius 1 is 1.24 bits per heavy atom. The number of halogens is 1. The van der Waals surface area contributed by atoms with Gasteiger partial charge in [0.1, 0.15) is 17.1 Å². The average Bonchev–Trinajstić information content (AvgIpc) is 3.35. The number of nitrogens with one attached hydrogen (secondary N) is 2. The number of aromatic nitrogens is 3. The van der Waals surface area contributed by atoms with Crippen LogP contribution in [0.3, 0.4) is 0 Å². The van der Waals surface area contributed by atoms with Crippen molar-refractivity contribution in [3.05, 3.63) is 69.0 Å². The normalized spacial score (nSPS) is 12.4. The van der Waals surface area contributed by atoms with Crippen molar-refractivity contribution in [3.8, 4) is 0 Å². The number of hydrogen-bond donors (Lipinski definition) is 2. The number of furan rings is 1. The van der Waals surface area contributed by atoms with Gasteiger partial charge in [-0.1, -0.05) is 16.8 Å². The number of nitrogens with zero attached hydrogens (tertiary/aromatic N) is 2. The highest BCUT2D eigenvalue weighted by Gasteiger charge is 2.24. The number of carbonyl (C=O) groups excluding carboxylic acids is 1. The fraction of sp³-hybridized carbons (Fsp3) is 0.286. The van der Waals surface area contributed by atoms with Gasteiger partial charge in [0.15, 0.2) is 5.69 Å². The van der Waals surface area contributed by atoms with Crippen molar-refractivity contribution >= 4 is 28.5 Å². The van der Waals surface area contributed by atoms with Gasteiger partial charge in [-0.25, -0.2) is 0 Å². The summed E-state index contributed by atoms with van der Waals surface area (Å²) in [6.45, 7) is 7.54. The molecule has 1 atom stereocenters. The smallest absolute Gasteiger partial charge is 0.274 e. The van der Waals surface area contributed by atoms with Crippen LogP contribution < -0.4 is 5.32 Å². The fourth-order valence-electron chi connectivity index (χ4n) is 3.37. The fourth-order valence-corrected chi connectivity index (χ4v) is 3.55. The molecule has 0 aliphatic rings. The molecule has 0 aliphatic heterocycles. The lowest BCUT2D eigenvalue weighted by Gasteiger charge is -2.11. The zero-order valence-corrected chi connectivity index (χ0v) is 17.3. The summed E-state index contributed by atoms with van der Waals surface area (Å²) in [4.78, 5) is 12.9. The summed E-state index contributed by atoms with van der Waals surface area (Å²) in [6, 6.07) is 6.93. The Kier molecular flexibility index (Phi) is 4.92. The van der Waals surface area contributed by atoms with Crippen molar-refractivity contribution in [2.45, 2.75) is 40.2 Å². The molecule has 0 fully saturated rings. The second kappa shape index (κ2) is 7.40. The SMILES string of the molecule is Cc1n[nH]c(C)c1Cc1c(C(=O)N[C@@H](C)c2cc3cc(Cl)ccc3o2)noc1C. The molecule has 3 aromatic heterocycles. The highest BCUT2D eigenvalue weighted by molar-refractivity contribution is 6.31. The molecule has 1 amide bonds. The molecule has 8 heteroatoms. The molecule has 0 radical (unpaired) electrons.